The second kappa shape index (κ2) is 5.42. The van der Waals surface area contributed by atoms with Crippen molar-refractivity contribution >= 4 is 22.6 Å². The molecule has 3 N–H and O–H groups in total. The molecule has 7 nitrogen and oxygen atoms in total. The average Bonchev–Trinajstić information content (AvgIpc) is 3.08. The summed E-state index contributed by atoms with van der Waals surface area (Å²) < 4.78 is 20.9. The van der Waals surface area contributed by atoms with Crippen LogP contribution in [0.5, 0.6) is 0 Å². The summed E-state index contributed by atoms with van der Waals surface area (Å²) in [6.45, 7) is 0.185. The van der Waals surface area contributed by atoms with Gasteiger partial charge in [0.2, 0.25) is 0 Å². The van der Waals surface area contributed by atoms with Crippen molar-refractivity contribution < 1.29 is 19.0 Å². The minimum absolute atomic E-state index is 0.158. The van der Waals surface area contributed by atoms with Crippen molar-refractivity contribution in [2.75, 3.05) is 5.73 Å². The largest absolute Gasteiger partial charge is 0.458 e. The number of hydrogen-bond acceptors (Lipinski definition) is 6. The van der Waals surface area contributed by atoms with E-state index in [1.165, 1.54) is 6.07 Å². The van der Waals surface area contributed by atoms with Crippen LogP contribution in [0.4, 0.5) is 10.1 Å². The van der Waals surface area contributed by atoms with Gasteiger partial charge in [0.05, 0.1) is 34.7 Å². The molecule has 2 aliphatic heterocycles. The van der Waals surface area contributed by atoms with E-state index in [4.69, 9.17) is 10.5 Å². The molecule has 3 aliphatic rings. The van der Waals surface area contributed by atoms with E-state index in [0.29, 0.717) is 29.9 Å². The lowest BCUT2D eigenvalue weighted by Crippen LogP contribution is -2.32. The molecular formula is C21H16FN3O4. The molecule has 146 valence electrons. The molecule has 1 aromatic carbocycles. The van der Waals surface area contributed by atoms with E-state index in [1.807, 2.05) is 0 Å². The van der Waals surface area contributed by atoms with Gasteiger partial charge in [-0.1, -0.05) is 0 Å². The van der Waals surface area contributed by atoms with Crippen molar-refractivity contribution in [2.45, 2.75) is 38.5 Å². The van der Waals surface area contributed by atoms with E-state index in [0.717, 1.165) is 34.9 Å². The van der Waals surface area contributed by atoms with Crippen molar-refractivity contribution in [3.8, 4) is 11.4 Å². The predicted molar refractivity (Wildman–Crippen MR) is 102 cm³/mol. The molecule has 0 amide bonds. The zero-order valence-corrected chi connectivity index (χ0v) is 15.3. The number of anilines is 1. The first-order valence-corrected chi connectivity index (χ1v) is 9.49. The van der Waals surface area contributed by atoms with E-state index in [-0.39, 0.29) is 29.0 Å². The van der Waals surface area contributed by atoms with Crippen molar-refractivity contribution in [1.82, 2.24) is 9.55 Å². The molecule has 2 aromatic heterocycles. The summed E-state index contributed by atoms with van der Waals surface area (Å²) in [4.78, 5) is 29.5. The number of aromatic nitrogens is 2. The van der Waals surface area contributed by atoms with Crippen LogP contribution in [0.1, 0.15) is 40.3 Å². The zero-order chi connectivity index (χ0) is 20.0. The summed E-state index contributed by atoms with van der Waals surface area (Å²) in [6.07, 6.45) is 0.839. The predicted octanol–water partition coefficient (Wildman–Crippen LogP) is 1.73. The van der Waals surface area contributed by atoms with Gasteiger partial charge in [-0.2, -0.15) is 0 Å². The van der Waals surface area contributed by atoms with Crippen LogP contribution in [-0.2, 0) is 35.5 Å². The molecule has 4 heterocycles. The Balaban J connectivity index is 1.68. The average molecular weight is 393 g/mol. The lowest BCUT2D eigenvalue weighted by molar-refractivity contribution is -0.157. The standard InChI is InChI=1S/C21H16FN3O4/c22-13-5-14-16-8(2-1-3-9(16)17(13)23)11-6-25-15(18(11)24-14)4-10-12(20(25)27)7-29-21(28)19(10)26/h4-5,19,26H,1-3,6-7,23H2/t19-/m0/s1. The van der Waals surface area contributed by atoms with Gasteiger partial charge in [-0.25, -0.2) is 14.2 Å². The Morgan fingerprint density at radius 1 is 1.17 bits per heavy atom. The summed E-state index contributed by atoms with van der Waals surface area (Å²) >= 11 is 0. The number of cyclic esters (lactones) is 1. The van der Waals surface area contributed by atoms with E-state index >= 15 is 0 Å². The number of aryl methyl sites for hydroxylation is 2. The number of carbonyl (C=O) groups excluding carboxylic acids is 1. The number of rotatable bonds is 0. The third kappa shape index (κ3) is 2.01. The fraction of sp³-hybridized carbons (Fsp3) is 0.286. The molecule has 0 saturated carbocycles. The SMILES string of the molecule is Nc1c(F)cc2nc3c(c4c2c1CCC4)Cn1c-3cc2c(c1=O)COC(=O)[C@H]2O. The molecule has 6 rings (SSSR count). The number of carbonyl (C=O) groups is 1. The van der Waals surface area contributed by atoms with Gasteiger partial charge in [0.1, 0.15) is 12.4 Å². The number of nitrogens with two attached hydrogens (primary N) is 1. The van der Waals surface area contributed by atoms with E-state index < -0.39 is 17.9 Å². The van der Waals surface area contributed by atoms with Crippen molar-refractivity contribution in [3.05, 3.63) is 56.1 Å². The third-order valence-corrected chi connectivity index (χ3v) is 6.31. The second-order valence-corrected chi connectivity index (χ2v) is 7.78. The van der Waals surface area contributed by atoms with E-state index in [1.54, 1.807) is 10.6 Å². The van der Waals surface area contributed by atoms with Crippen LogP contribution in [0, 0.1) is 5.82 Å². The Labute approximate surface area is 163 Å². The van der Waals surface area contributed by atoms with Crippen molar-refractivity contribution in [1.29, 1.82) is 0 Å². The van der Waals surface area contributed by atoms with Gasteiger partial charge in [0, 0.05) is 22.6 Å². The minimum atomic E-state index is -1.50. The fourth-order valence-electron chi connectivity index (χ4n) is 4.93. The van der Waals surface area contributed by atoms with E-state index in [9.17, 15) is 19.1 Å². The number of esters is 1. The highest BCUT2D eigenvalue weighted by Gasteiger charge is 2.35. The molecule has 0 fully saturated rings. The Morgan fingerprint density at radius 3 is 2.79 bits per heavy atom. The topological polar surface area (TPSA) is 107 Å². The summed E-state index contributed by atoms with van der Waals surface area (Å²) in [6, 6.07) is 2.98. The van der Waals surface area contributed by atoms with Crippen molar-refractivity contribution in [2.24, 2.45) is 0 Å². The van der Waals surface area contributed by atoms with Gasteiger partial charge in [-0.05, 0) is 36.5 Å². The molecule has 29 heavy (non-hydrogen) atoms. The van der Waals surface area contributed by atoms with Gasteiger partial charge in [0.25, 0.3) is 5.56 Å². The highest BCUT2D eigenvalue weighted by Crippen LogP contribution is 2.42. The zero-order valence-electron chi connectivity index (χ0n) is 15.3. The van der Waals surface area contributed by atoms with Crippen LogP contribution < -0.4 is 11.3 Å². The number of aliphatic hydroxyl groups excluding tert-OH is 1. The number of aliphatic hydroxyl groups is 1. The Morgan fingerprint density at radius 2 is 1.97 bits per heavy atom. The molecule has 3 aromatic rings. The lowest BCUT2D eigenvalue weighted by atomic mass is 9.86. The van der Waals surface area contributed by atoms with Gasteiger partial charge in [-0.3, -0.25) is 4.79 Å². The molecular weight excluding hydrogens is 377 g/mol. The molecule has 1 atom stereocenters. The maximum Gasteiger partial charge on any atom is 0.340 e. The molecule has 0 bridgehead atoms. The van der Waals surface area contributed by atoms with E-state index in [2.05, 4.69) is 4.98 Å². The quantitative estimate of drug-likeness (QED) is 0.348. The first-order chi connectivity index (χ1) is 14.0. The van der Waals surface area contributed by atoms with Gasteiger partial charge < -0.3 is 20.1 Å². The Bertz CT molecular complexity index is 1340. The number of benzene rings is 1. The summed E-state index contributed by atoms with van der Waals surface area (Å²) in [5.41, 5.74) is 10.8. The maximum atomic E-state index is 14.4. The van der Waals surface area contributed by atoms with Crippen LogP contribution >= 0.6 is 0 Å². The van der Waals surface area contributed by atoms with Gasteiger partial charge in [-0.15, -0.1) is 0 Å². The van der Waals surface area contributed by atoms with Crippen molar-refractivity contribution in [3.63, 3.8) is 0 Å². The molecule has 0 radical (unpaired) electrons. The molecule has 0 saturated heterocycles. The fourth-order valence-corrected chi connectivity index (χ4v) is 4.93. The number of halogens is 1. The van der Waals surface area contributed by atoms with Crippen LogP contribution in [0.15, 0.2) is 16.9 Å². The normalized spacial score (nSPS) is 19.0. The number of hydrogen-bond donors (Lipinski definition) is 2. The Hall–Kier alpha value is -3.26. The van der Waals surface area contributed by atoms with Crippen LogP contribution in [0.2, 0.25) is 0 Å². The second-order valence-electron chi connectivity index (χ2n) is 7.78. The number of fused-ring (bicyclic) bond motifs is 5. The smallest absolute Gasteiger partial charge is 0.340 e. The van der Waals surface area contributed by atoms with Gasteiger partial charge in [0.15, 0.2) is 6.10 Å². The van der Waals surface area contributed by atoms with Crippen LogP contribution in [0.25, 0.3) is 22.3 Å². The van der Waals surface area contributed by atoms with Gasteiger partial charge >= 0.3 is 5.97 Å². The van der Waals surface area contributed by atoms with Crippen LogP contribution in [-0.4, -0.2) is 20.6 Å². The number of ether oxygens (including phenoxy) is 1. The molecule has 0 unspecified atom stereocenters. The summed E-state index contributed by atoms with van der Waals surface area (Å²) in [5, 5.41) is 11.1. The monoisotopic (exact) mass is 393 g/mol. The summed E-state index contributed by atoms with van der Waals surface area (Å²) in [7, 11) is 0. The minimum Gasteiger partial charge on any atom is -0.458 e. The number of nitrogen functional groups attached to an aromatic ring is 1. The highest BCUT2D eigenvalue weighted by atomic mass is 19.1. The Kier molecular flexibility index (Phi) is 3.11. The first-order valence-electron chi connectivity index (χ1n) is 9.49. The number of pyridine rings is 2. The molecule has 8 heteroatoms. The third-order valence-electron chi connectivity index (χ3n) is 6.31. The maximum absolute atomic E-state index is 14.4. The first kappa shape index (κ1) is 16.7. The number of nitrogens with zero attached hydrogens (tertiary/aromatic N) is 2. The van der Waals surface area contributed by atoms with Crippen LogP contribution in [0.3, 0.4) is 0 Å². The molecule has 0 spiro atoms. The summed E-state index contributed by atoms with van der Waals surface area (Å²) in [5.74, 6) is -1.27. The highest BCUT2D eigenvalue weighted by molar-refractivity contribution is 5.94. The lowest BCUT2D eigenvalue weighted by Gasteiger charge is -2.22. The molecule has 1 aliphatic carbocycles.